The van der Waals surface area contributed by atoms with Crippen molar-refractivity contribution in [2.75, 3.05) is 18.2 Å². The van der Waals surface area contributed by atoms with Crippen LogP contribution in [0.3, 0.4) is 0 Å². The Morgan fingerprint density at radius 2 is 2.00 bits per heavy atom. The monoisotopic (exact) mass is 292 g/mol. The number of benzene rings is 2. The van der Waals surface area contributed by atoms with Crippen molar-refractivity contribution in [3.63, 3.8) is 0 Å². The molecule has 0 spiro atoms. The summed E-state index contributed by atoms with van der Waals surface area (Å²) in [6.07, 6.45) is -0.196. The third-order valence-corrected chi connectivity index (χ3v) is 2.88. The summed E-state index contributed by atoms with van der Waals surface area (Å²) < 4.78 is 31.2. The van der Waals surface area contributed by atoms with E-state index in [0.29, 0.717) is 17.1 Å². The quantitative estimate of drug-likeness (QED) is 0.852. The molecule has 0 atom stereocenters. The summed E-state index contributed by atoms with van der Waals surface area (Å²) in [5.74, 6) is -1.36. The standard InChI is InChI=1S/C15H14F2N2O2/c1-21-14-5-4-11(8-13(14)18)19-15(20)6-9-2-3-10(16)7-12(9)17/h2-5,7-8H,6,18H2,1H3,(H,19,20). The number of nitrogen functional groups attached to an aromatic ring is 1. The number of carbonyl (C=O) groups is 1. The Morgan fingerprint density at radius 1 is 1.24 bits per heavy atom. The Bertz CT molecular complexity index is 675. The van der Waals surface area contributed by atoms with Gasteiger partial charge in [-0.15, -0.1) is 0 Å². The number of rotatable bonds is 4. The fourth-order valence-electron chi connectivity index (χ4n) is 1.86. The van der Waals surface area contributed by atoms with Crippen LogP contribution in [0.4, 0.5) is 20.2 Å². The number of amides is 1. The summed E-state index contributed by atoms with van der Waals surface area (Å²) in [5, 5.41) is 2.59. The first-order valence-corrected chi connectivity index (χ1v) is 6.17. The highest BCUT2D eigenvalue weighted by molar-refractivity contribution is 5.93. The van der Waals surface area contributed by atoms with Crippen molar-refractivity contribution in [3.8, 4) is 5.75 Å². The molecule has 0 saturated heterocycles. The van der Waals surface area contributed by atoms with E-state index in [1.807, 2.05) is 0 Å². The summed E-state index contributed by atoms with van der Waals surface area (Å²) in [5.41, 5.74) is 6.69. The number of methoxy groups -OCH3 is 1. The van der Waals surface area contributed by atoms with Crippen LogP contribution in [0.25, 0.3) is 0 Å². The molecule has 2 aromatic carbocycles. The Kier molecular flexibility index (Phi) is 4.37. The van der Waals surface area contributed by atoms with Crippen LogP contribution in [0.1, 0.15) is 5.56 Å². The zero-order valence-electron chi connectivity index (χ0n) is 11.3. The van der Waals surface area contributed by atoms with Gasteiger partial charge >= 0.3 is 0 Å². The molecule has 6 heteroatoms. The van der Waals surface area contributed by atoms with Gasteiger partial charge in [0, 0.05) is 11.8 Å². The van der Waals surface area contributed by atoms with E-state index >= 15 is 0 Å². The maximum absolute atomic E-state index is 13.5. The number of hydrogen-bond donors (Lipinski definition) is 2. The van der Waals surface area contributed by atoms with Crippen LogP contribution in [0.15, 0.2) is 36.4 Å². The van der Waals surface area contributed by atoms with E-state index in [4.69, 9.17) is 10.5 Å². The molecule has 0 aliphatic heterocycles. The average Bonchev–Trinajstić information content (AvgIpc) is 2.42. The molecular formula is C15H14F2N2O2. The van der Waals surface area contributed by atoms with E-state index in [9.17, 15) is 13.6 Å². The molecule has 2 rings (SSSR count). The Labute approximate surface area is 120 Å². The van der Waals surface area contributed by atoms with E-state index in [0.717, 1.165) is 12.1 Å². The average molecular weight is 292 g/mol. The van der Waals surface area contributed by atoms with E-state index < -0.39 is 17.5 Å². The highest BCUT2D eigenvalue weighted by atomic mass is 19.1. The molecular weight excluding hydrogens is 278 g/mol. The van der Waals surface area contributed by atoms with Gasteiger partial charge in [-0.25, -0.2) is 8.78 Å². The molecule has 0 unspecified atom stereocenters. The van der Waals surface area contributed by atoms with Gasteiger partial charge in [-0.3, -0.25) is 4.79 Å². The minimum Gasteiger partial charge on any atom is -0.495 e. The largest absolute Gasteiger partial charge is 0.495 e. The van der Waals surface area contributed by atoms with Gasteiger partial charge < -0.3 is 15.8 Å². The first-order valence-electron chi connectivity index (χ1n) is 6.17. The van der Waals surface area contributed by atoms with Crippen molar-refractivity contribution < 1.29 is 18.3 Å². The highest BCUT2D eigenvalue weighted by Gasteiger charge is 2.10. The number of anilines is 2. The number of hydrogen-bond acceptors (Lipinski definition) is 3. The van der Waals surface area contributed by atoms with Crippen molar-refractivity contribution in [1.82, 2.24) is 0 Å². The van der Waals surface area contributed by atoms with Crippen LogP contribution in [0.5, 0.6) is 5.75 Å². The van der Waals surface area contributed by atoms with Gasteiger partial charge in [0.2, 0.25) is 5.91 Å². The Balaban J connectivity index is 2.06. The second kappa shape index (κ2) is 6.21. The lowest BCUT2D eigenvalue weighted by Gasteiger charge is -2.09. The predicted octanol–water partition coefficient (Wildman–Crippen LogP) is 2.74. The second-order valence-corrected chi connectivity index (χ2v) is 4.42. The minimum absolute atomic E-state index is 0.121. The Hall–Kier alpha value is -2.63. The predicted molar refractivity (Wildman–Crippen MR) is 76.1 cm³/mol. The van der Waals surface area contributed by atoms with E-state index in [2.05, 4.69) is 5.32 Å². The molecule has 0 radical (unpaired) electrons. The van der Waals surface area contributed by atoms with Crippen molar-refractivity contribution in [2.24, 2.45) is 0 Å². The number of ether oxygens (including phenoxy) is 1. The van der Waals surface area contributed by atoms with Crippen molar-refractivity contribution in [2.45, 2.75) is 6.42 Å². The normalized spacial score (nSPS) is 10.2. The first-order chi connectivity index (χ1) is 9.99. The zero-order valence-corrected chi connectivity index (χ0v) is 11.3. The van der Waals surface area contributed by atoms with Crippen LogP contribution in [0, 0.1) is 11.6 Å². The van der Waals surface area contributed by atoms with Gasteiger partial charge in [0.15, 0.2) is 0 Å². The van der Waals surface area contributed by atoms with Crippen LogP contribution >= 0.6 is 0 Å². The molecule has 0 aliphatic carbocycles. The molecule has 0 bridgehead atoms. The van der Waals surface area contributed by atoms with Crippen LogP contribution < -0.4 is 15.8 Å². The molecule has 0 aromatic heterocycles. The van der Waals surface area contributed by atoms with Crippen molar-refractivity contribution in [3.05, 3.63) is 53.6 Å². The molecule has 3 N–H and O–H groups in total. The highest BCUT2D eigenvalue weighted by Crippen LogP contribution is 2.24. The summed E-state index contributed by atoms with van der Waals surface area (Å²) >= 11 is 0. The number of carbonyl (C=O) groups excluding carboxylic acids is 1. The van der Waals surface area contributed by atoms with Crippen LogP contribution in [-0.4, -0.2) is 13.0 Å². The fraction of sp³-hybridized carbons (Fsp3) is 0.133. The molecule has 0 saturated carbocycles. The van der Waals surface area contributed by atoms with E-state index in [1.165, 1.54) is 19.2 Å². The summed E-state index contributed by atoms with van der Waals surface area (Å²) in [7, 11) is 1.49. The molecule has 0 heterocycles. The van der Waals surface area contributed by atoms with Crippen molar-refractivity contribution in [1.29, 1.82) is 0 Å². The summed E-state index contributed by atoms with van der Waals surface area (Å²) in [4.78, 5) is 11.8. The lowest BCUT2D eigenvalue weighted by atomic mass is 10.1. The molecule has 1 amide bonds. The number of halogens is 2. The molecule has 0 aliphatic rings. The van der Waals surface area contributed by atoms with E-state index in [1.54, 1.807) is 12.1 Å². The van der Waals surface area contributed by atoms with Gasteiger partial charge in [-0.1, -0.05) is 6.07 Å². The lowest BCUT2D eigenvalue weighted by molar-refractivity contribution is -0.115. The molecule has 4 nitrogen and oxygen atoms in total. The third kappa shape index (κ3) is 3.68. The zero-order chi connectivity index (χ0) is 15.4. The van der Waals surface area contributed by atoms with Crippen LogP contribution in [-0.2, 0) is 11.2 Å². The molecule has 2 aromatic rings. The Morgan fingerprint density at radius 3 is 2.62 bits per heavy atom. The molecule has 110 valence electrons. The number of nitrogens with one attached hydrogen (secondary N) is 1. The van der Waals surface area contributed by atoms with Crippen LogP contribution in [0.2, 0.25) is 0 Å². The summed E-state index contributed by atoms with van der Waals surface area (Å²) in [6, 6.07) is 7.87. The number of nitrogens with two attached hydrogens (primary N) is 1. The SMILES string of the molecule is COc1ccc(NC(=O)Cc2ccc(F)cc2F)cc1N. The lowest BCUT2D eigenvalue weighted by Crippen LogP contribution is -2.15. The second-order valence-electron chi connectivity index (χ2n) is 4.42. The smallest absolute Gasteiger partial charge is 0.228 e. The third-order valence-electron chi connectivity index (χ3n) is 2.88. The minimum atomic E-state index is -0.751. The maximum Gasteiger partial charge on any atom is 0.228 e. The van der Waals surface area contributed by atoms with Gasteiger partial charge in [-0.05, 0) is 29.8 Å². The first kappa shape index (κ1) is 14.8. The summed E-state index contributed by atoms with van der Waals surface area (Å²) in [6.45, 7) is 0. The fourth-order valence-corrected chi connectivity index (χ4v) is 1.86. The van der Waals surface area contributed by atoms with Gasteiger partial charge in [0.05, 0.1) is 19.2 Å². The van der Waals surface area contributed by atoms with Crippen molar-refractivity contribution >= 4 is 17.3 Å². The topological polar surface area (TPSA) is 64.3 Å². The van der Waals surface area contributed by atoms with Gasteiger partial charge in [0.25, 0.3) is 0 Å². The van der Waals surface area contributed by atoms with Gasteiger partial charge in [0.1, 0.15) is 17.4 Å². The maximum atomic E-state index is 13.5. The van der Waals surface area contributed by atoms with E-state index in [-0.39, 0.29) is 12.0 Å². The van der Waals surface area contributed by atoms with Gasteiger partial charge in [-0.2, -0.15) is 0 Å². The molecule has 21 heavy (non-hydrogen) atoms. The molecule has 0 fully saturated rings.